The Morgan fingerprint density at radius 1 is 1.12 bits per heavy atom. The molecule has 0 aliphatic heterocycles. The summed E-state index contributed by atoms with van der Waals surface area (Å²) in [6.45, 7) is 0.0145. The van der Waals surface area contributed by atoms with Gasteiger partial charge >= 0.3 is 5.97 Å². The Morgan fingerprint density at radius 2 is 1.88 bits per heavy atom. The number of carbonyl (C=O) groups is 2. The summed E-state index contributed by atoms with van der Waals surface area (Å²) in [5.41, 5.74) is 1.22. The molecule has 24 heavy (non-hydrogen) atoms. The first-order valence-electron chi connectivity index (χ1n) is 7.41. The molecule has 0 spiro atoms. The van der Waals surface area contributed by atoms with E-state index in [1.165, 1.54) is 25.3 Å². The number of esters is 1. The summed E-state index contributed by atoms with van der Waals surface area (Å²) in [5.74, 6) is -0.753. The van der Waals surface area contributed by atoms with Gasteiger partial charge < -0.3 is 14.8 Å². The van der Waals surface area contributed by atoms with E-state index in [1.807, 2.05) is 0 Å². The van der Waals surface area contributed by atoms with Crippen LogP contribution < -0.4 is 10.1 Å². The zero-order valence-corrected chi connectivity index (χ0v) is 13.3. The van der Waals surface area contributed by atoms with E-state index in [0.717, 1.165) is 5.56 Å². The van der Waals surface area contributed by atoms with Crippen molar-refractivity contribution in [2.45, 2.75) is 6.42 Å². The third kappa shape index (κ3) is 5.39. The molecule has 1 amide bonds. The number of halogens is 1. The summed E-state index contributed by atoms with van der Waals surface area (Å²) in [6, 6.07) is 12.5. The number of hydrogen-bond acceptors (Lipinski definition) is 4. The van der Waals surface area contributed by atoms with Crippen molar-refractivity contribution in [1.29, 1.82) is 0 Å². The third-order valence-corrected chi connectivity index (χ3v) is 3.29. The van der Waals surface area contributed by atoms with E-state index in [2.05, 4.69) is 5.32 Å². The largest absolute Gasteiger partial charge is 0.497 e. The number of nitrogens with one attached hydrogen (secondary N) is 1. The van der Waals surface area contributed by atoms with Crippen molar-refractivity contribution in [2.24, 2.45) is 0 Å². The molecule has 5 nitrogen and oxygen atoms in total. The minimum Gasteiger partial charge on any atom is -0.497 e. The van der Waals surface area contributed by atoms with E-state index >= 15 is 0 Å². The maximum Gasteiger partial charge on any atom is 0.338 e. The van der Waals surface area contributed by atoms with Gasteiger partial charge in [0, 0.05) is 6.54 Å². The van der Waals surface area contributed by atoms with Gasteiger partial charge in [0.15, 0.2) is 6.61 Å². The second-order valence-electron chi connectivity index (χ2n) is 5.03. The number of rotatable bonds is 7. The quantitative estimate of drug-likeness (QED) is 0.791. The molecular formula is C18H18FNO4. The van der Waals surface area contributed by atoms with E-state index in [0.29, 0.717) is 24.3 Å². The Balaban J connectivity index is 1.72. The fourth-order valence-electron chi connectivity index (χ4n) is 2.01. The Morgan fingerprint density at radius 3 is 2.58 bits per heavy atom. The van der Waals surface area contributed by atoms with Gasteiger partial charge in [-0.3, -0.25) is 4.79 Å². The van der Waals surface area contributed by atoms with Gasteiger partial charge in [0.2, 0.25) is 0 Å². The van der Waals surface area contributed by atoms with Crippen LogP contribution in [0.4, 0.5) is 4.39 Å². The normalized spacial score (nSPS) is 10.1. The van der Waals surface area contributed by atoms with Gasteiger partial charge in [0.1, 0.15) is 11.6 Å². The standard InChI is InChI=1S/C18H18FNO4/c1-23-16-4-2-3-14(11-16)18(22)24-12-17(21)20-10-9-13-5-7-15(19)8-6-13/h2-8,11H,9-10,12H2,1H3,(H,20,21). The predicted octanol–water partition coefficient (Wildman–Crippen LogP) is 2.35. The molecule has 0 aliphatic rings. The molecule has 2 aromatic rings. The second-order valence-corrected chi connectivity index (χ2v) is 5.03. The van der Waals surface area contributed by atoms with Gasteiger partial charge in [-0.05, 0) is 42.3 Å². The zero-order valence-electron chi connectivity index (χ0n) is 13.3. The summed E-state index contributed by atoms with van der Waals surface area (Å²) >= 11 is 0. The molecule has 0 aliphatic carbocycles. The smallest absolute Gasteiger partial charge is 0.338 e. The van der Waals surface area contributed by atoms with Crippen LogP contribution >= 0.6 is 0 Å². The maximum atomic E-state index is 12.8. The molecule has 2 aromatic carbocycles. The second kappa shape index (κ2) is 8.67. The number of benzene rings is 2. The van der Waals surface area contributed by atoms with Crippen molar-refractivity contribution < 1.29 is 23.5 Å². The van der Waals surface area contributed by atoms with E-state index in [-0.39, 0.29) is 12.4 Å². The molecule has 0 saturated carbocycles. The molecule has 0 atom stereocenters. The molecule has 0 bridgehead atoms. The Hall–Kier alpha value is -2.89. The highest BCUT2D eigenvalue weighted by atomic mass is 19.1. The predicted molar refractivity (Wildman–Crippen MR) is 86.4 cm³/mol. The molecule has 2 rings (SSSR count). The van der Waals surface area contributed by atoms with Crippen molar-refractivity contribution in [1.82, 2.24) is 5.32 Å². The number of amides is 1. The van der Waals surface area contributed by atoms with E-state index in [4.69, 9.17) is 9.47 Å². The van der Waals surface area contributed by atoms with Gasteiger partial charge in [0.25, 0.3) is 5.91 Å². The van der Waals surface area contributed by atoms with Gasteiger partial charge in [-0.2, -0.15) is 0 Å². The highest BCUT2D eigenvalue weighted by Gasteiger charge is 2.10. The van der Waals surface area contributed by atoms with Crippen LogP contribution in [0.2, 0.25) is 0 Å². The SMILES string of the molecule is COc1cccc(C(=O)OCC(=O)NCCc2ccc(F)cc2)c1. The first kappa shape index (κ1) is 17.5. The number of hydrogen-bond donors (Lipinski definition) is 1. The molecule has 1 N–H and O–H groups in total. The van der Waals surface area contributed by atoms with Crippen LogP contribution in [-0.4, -0.2) is 32.1 Å². The summed E-state index contributed by atoms with van der Waals surface area (Å²) in [7, 11) is 1.50. The van der Waals surface area contributed by atoms with Crippen LogP contribution in [0.25, 0.3) is 0 Å². The van der Waals surface area contributed by atoms with E-state index < -0.39 is 11.9 Å². The van der Waals surface area contributed by atoms with Gasteiger partial charge in [0.05, 0.1) is 12.7 Å². The molecular weight excluding hydrogens is 313 g/mol. The van der Waals surface area contributed by atoms with Gasteiger partial charge in [-0.25, -0.2) is 9.18 Å². The summed E-state index contributed by atoms with van der Waals surface area (Å²) in [6.07, 6.45) is 0.565. The lowest BCUT2D eigenvalue weighted by Crippen LogP contribution is -2.30. The van der Waals surface area contributed by atoms with Crippen molar-refractivity contribution in [3.63, 3.8) is 0 Å². The molecule has 0 fully saturated rings. The average Bonchev–Trinajstić information content (AvgIpc) is 2.61. The average molecular weight is 331 g/mol. The minimum absolute atomic E-state index is 0.299. The van der Waals surface area contributed by atoms with Crippen molar-refractivity contribution in [3.05, 3.63) is 65.5 Å². The van der Waals surface area contributed by atoms with E-state index in [9.17, 15) is 14.0 Å². The minimum atomic E-state index is -0.595. The topological polar surface area (TPSA) is 64.6 Å². The Bertz CT molecular complexity index is 700. The monoisotopic (exact) mass is 331 g/mol. The fourth-order valence-corrected chi connectivity index (χ4v) is 2.01. The summed E-state index contributed by atoms with van der Waals surface area (Å²) in [5, 5.41) is 2.64. The van der Waals surface area contributed by atoms with Crippen molar-refractivity contribution >= 4 is 11.9 Å². The summed E-state index contributed by atoms with van der Waals surface area (Å²) in [4.78, 5) is 23.5. The highest BCUT2D eigenvalue weighted by molar-refractivity contribution is 5.91. The van der Waals surface area contributed by atoms with Crippen LogP contribution in [0.1, 0.15) is 15.9 Å². The lowest BCUT2D eigenvalue weighted by molar-refractivity contribution is -0.124. The molecule has 0 radical (unpaired) electrons. The first-order valence-corrected chi connectivity index (χ1v) is 7.41. The maximum absolute atomic E-state index is 12.8. The van der Waals surface area contributed by atoms with Gasteiger partial charge in [-0.1, -0.05) is 18.2 Å². The Labute approximate surface area is 139 Å². The lowest BCUT2D eigenvalue weighted by atomic mass is 10.1. The van der Waals surface area contributed by atoms with Crippen LogP contribution in [0.5, 0.6) is 5.75 Å². The molecule has 0 saturated heterocycles. The zero-order chi connectivity index (χ0) is 17.4. The molecule has 126 valence electrons. The number of methoxy groups -OCH3 is 1. The molecule has 6 heteroatoms. The van der Waals surface area contributed by atoms with Crippen molar-refractivity contribution in [2.75, 3.05) is 20.3 Å². The Kier molecular flexibility index (Phi) is 6.31. The van der Waals surface area contributed by atoms with Gasteiger partial charge in [-0.15, -0.1) is 0 Å². The first-order chi connectivity index (χ1) is 11.6. The van der Waals surface area contributed by atoms with Crippen LogP contribution in [0, 0.1) is 5.82 Å². The fraction of sp³-hybridized carbons (Fsp3) is 0.222. The number of ether oxygens (including phenoxy) is 2. The van der Waals surface area contributed by atoms with Crippen molar-refractivity contribution in [3.8, 4) is 5.75 Å². The lowest BCUT2D eigenvalue weighted by Gasteiger charge is -2.07. The molecule has 0 aromatic heterocycles. The highest BCUT2D eigenvalue weighted by Crippen LogP contribution is 2.13. The van der Waals surface area contributed by atoms with E-state index in [1.54, 1.807) is 30.3 Å². The molecule has 0 heterocycles. The molecule has 0 unspecified atom stereocenters. The van der Waals surface area contributed by atoms with Crippen LogP contribution in [0.15, 0.2) is 48.5 Å². The summed E-state index contributed by atoms with van der Waals surface area (Å²) < 4.78 is 22.7. The number of carbonyl (C=O) groups excluding carboxylic acids is 2. The third-order valence-electron chi connectivity index (χ3n) is 3.29. The van der Waals surface area contributed by atoms with Crippen LogP contribution in [-0.2, 0) is 16.0 Å². The van der Waals surface area contributed by atoms with Crippen LogP contribution in [0.3, 0.4) is 0 Å².